The van der Waals surface area contributed by atoms with Gasteiger partial charge in [-0.05, 0) is 25.0 Å². The maximum absolute atomic E-state index is 11.9. The molecule has 1 amide bonds. The molecule has 1 aromatic carbocycles. The van der Waals surface area contributed by atoms with E-state index in [9.17, 15) is 19.5 Å². The highest BCUT2D eigenvalue weighted by Gasteiger charge is 2.12. The second kappa shape index (κ2) is 8.37. The number of phenolic OH excluding ortho intramolecular Hbond substituents is 1. The van der Waals surface area contributed by atoms with E-state index in [4.69, 9.17) is 15.9 Å². The van der Waals surface area contributed by atoms with Gasteiger partial charge in [0.05, 0.1) is 18.4 Å². The number of aromatic hydroxyl groups is 1. The molecule has 0 atom stereocenters. The smallest absolute Gasteiger partial charge is 0.303 e. The van der Waals surface area contributed by atoms with Crippen molar-refractivity contribution in [3.8, 4) is 5.75 Å². The SMILES string of the molecule is Nc1ccc(C(=O)NN=C(CCC(=O)O)CCC(=O)O)c(O)c1. The lowest BCUT2D eigenvalue weighted by Crippen LogP contribution is -2.20. The van der Waals surface area contributed by atoms with Crippen LogP contribution in [0.1, 0.15) is 36.0 Å². The van der Waals surface area contributed by atoms with Crippen molar-refractivity contribution in [2.75, 3.05) is 5.73 Å². The minimum Gasteiger partial charge on any atom is -0.507 e. The predicted octanol–water partition coefficient (Wildman–Crippen LogP) is 0.790. The molecule has 9 nitrogen and oxygen atoms in total. The summed E-state index contributed by atoms with van der Waals surface area (Å²) in [6.45, 7) is 0. The highest BCUT2D eigenvalue weighted by atomic mass is 16.4. The van der Waals surface area contributed by atoms with Crippen LogP contribution in [-0.4, -0.2) is 38.9 Å². The van der Waals surface area contributed by atoms with Gasteiger partial charge in [-0.3, -0.25) is 14.4 Å². The Morgan fingerprint density at radius 2 is 1.61 bits per heavy atom. The van der Waals surface area contributed by atoms with Crippen LogP contribution < -0.4 is 11.2 Å². The molecular formula is C14H17N3O6. The second-order valence-corrected chi connectivity index (χ2v) is 4.68. The van der Waals surface area contributed by atoms with E-state index in [0.29, 0.717) is 0 Å². The summed E-state index contributed by atoms with van der Waals surface area (Å²) in [5, 5.41) is 30.7. The average molecular weight is 323 g/mol. The number of carboxylic acid groups (broad SMARTS) is 2. The predicted molar refractivity (Wildman–Crippen MR) is 81.2 cm³/mol. The maximum atomic E-state index is 11.9. The Morgan fingerprint density at radius 3 is 2.09 bits per heavy atom. The quantitative estimate of drug-likeness (QED) is 0.268. The van der Waals surface area contributed by atoms with Crippen LogP contribution in [-0.2, 0) is 9.59 Å². The van der Waals surface area contributed by atoms with Crippen LogP contribution in [0.15, 0.2) is 23.3 Å². The topological polar surface area (TPSA) is 162 Å². The van der Waals surface area contributed by atoms with Gasteiger partial charge in [-0.25, -0.2) is 5.43 Å². The molecule has 0 unspecified atom stereocenters. The fourth-order valence-corrected chi connectivity index (χ4v) is 1.67. The Bertz CT molecular complexity index is 621. The summed E-state index contributed by atoms with van der Waals surface area (Å²) in [4.78, 5) is 33.1. The van der Waals surface area contributed by atoms with Crippen LogP contribution in [0.25, 0.3) is 0 Å². The number of nitrogens with one attached hydrogen (secondary N) is 1. The van der Waals surface area contributed by atoms with Crippen LogP contribution in [0.3, 0.4) is 0 Å². The van der Waals surface area contributed by atoms with Crippen LogP contribution in [0.2, 0.25) is 0 Å². The zero-order valence-corrected chi connectivity index (χ0v) is 12.2. The maximum Gasteiger partial charge on any atom is 0.303 e. The third-order valence-electron chi connectivity index (χ3n) is 2.84. The molecule has 0 spiro atoms. The summed E-state index contributed by atoms with van der Waals surface area (Å²) in [5.74, 6) is -3.16. The van der Waals surface area contributed by atoms with Crippen molar-refractivity contribution in [1.82, 2.24) is 5.43 Å². The van der Waals surface area contributed by atoms with E-state index in [2.05, 4.69) is 10.5 Å². The highest BCUT2D eigenvalue weighted by molar-refractivity contribution is 5.98. The number of hydrogen-bond donors (Lipinski definition) is 5. The van der Waals surface area contributed by atoms with Crippen molar-refractivity contribution in [3.63, 3.8) is 0 Å². The van der Waals surface area contributed by atoms with E-state index in [1.165, 1.54) is 18.2 Å². The number of benzene rings is 1. The van der Waals surface area contributed by atoms with Crippen LogP contribution in [0.5, 0.6) is 5.75 Å². The summed E-state index contributed by atoms with van der Waals surface area (Å²) in [6.07, 6.45) is -0.448. The zero-order valence-electron chi connectivity index (χ0n) is 12.2. The Hall–Kier alpha value is -3.10. The Balaban J connectivity index is 2.78. The van der Waals surface area contributed by atoms with E-state index >= 15 is 0 Å². The molecule has 9 heteroatoms. The minimum absolute atomic E-state index is 0.0105. The summed E-state index contributed by atoms with van der Waals surface area (Å²) in [6, 6.07) is 3.94. The molecule has 0 radical (unpaired) electrons. The van der Waals surface area contributed by atoms with Crippen molar-refractivity contribution in [1.29, 1.82) is 0 Å². The van der Waals surface area contributed by atoms with Gasteiger partial charge in [0, 0.05) is 17.5 Å². The minimum atomic E-state index is -1.06. The molecular weight excluding hydrogens is 306 g/mol. The van der Waals surface area contributed by atoms with Crippen molar-refractivity contribution in [3.05, 3.63) is 23.8 Å². The van der Waals surface area contributed by atoms with E-state index in [0.717, 1.165) is 0 Å². The standard InChI is InChI=1S/C14H17N3O6/c15-8-1-4-10(11(18)7-8)14(23)17-16-9(2-5-12(19)20)3-6-13(21)22/h1,4,7,18H,2-3,5-6,15H2,(H,17,23)(H,19,20)(H,21,22). The average Bonchev–Trinajstić information content (AvgIpc) is 2.45. The second-order valence-electron chi connectivity index (χ2n) is 4.68. The van der Waals surface area contributed by atoms with Gasteiger partial charge in [0.1, 0.15) is 5.75 Å². The first-order valence-electron chi connectivity index (χ1n) is 6.67. The summed E-state index contributed by atoms with van der Waals surface area (Å²) in [7, 11) is 0. The molecule has 1 rings (SSSR count). The number of nitrogens with zero attached hydrogens (tertiary/aromatic N) is 1. The number of phenols is 1. The summed E-state index contributed by atoms with van der Waals surface area (Å²) in [5.41, 5.74) is 8.09. The van der Waals surface area contributed by atoms with Crippen LogP contribution in [0.4, 0.5) is 5.69 Å². The van der Waals surface area contributed by atoms with Gasteiger partial charge in [-0.15, -0.1) is 0 Å². The number of hydrazone groups is 1. The molecule has 1 aromatic rings. The fourth-order valence-electron chi connectivity index (χ4n) is 1.67. The van der Waals surface area contributed by atoms with Crippen LogP contribution >= 0.6 is 0 Å². The first-order chi connectivity index (χ1) is 10.8. The molecule has 0 bridgehead atoms. The van der Waals surface area contributed by atoms with Crippen molar-refractivity contribution >= 4 is 29.2 Å². The van der Waals surface area contributed by atoms with Gasteiger partial charge in [-0.1, -0.05) is 0 Å². The molecule has 124 valence electrons. The van der Waals surface area contributed by atoms with Gasteiger partial charge in [0.2, 0.25) is 0 Å². The number of hydrogen-bond acceptors (Lipinski definition) is 6. The Labute approximate surface area is 131 Å². The normalized spacial score (nSPS) is 9.91. The number of aliphatic carboxylic acids is 2. The third-order valence-corrected chi connectivity index (χ3v) is 2.84. The van der Waals surface area contributed by atoms with Gasteiger partial charge in [0.25, 0.3) is 5.91 Å². The molecule has 0 heterocycles. The van der Waals surface area contributed by atoms with Crippen molar-refractivity contribution < 1.29 is 29.7 Å². The van der Waals surface area contributed by atoms with Crippen molar-refractivity contribution in [2.24, 2.45) is 5.10 Å². The lowest BCUT2D eigenvalue weighted by Gasteiger charge is -2.07. The lowest BCUT2D eigenvalue weighted by molar-refractivity contribution is -0.137. The molecule has 0 saturated carbocycles. The summed E-state index contributed by atoms with van der Waals surface area (Å²) >= 11 is 0. The molecule has 0 fully saturated rings. The first-order valence-corrected chi connectivity index (χ1v) is 6.67. The van der Waals surface area contributed by atoms with Crippen LogP contribution in [0, 0.1) is 0 Å². The number of nitrogen functional groups attached to an aromatic ring is 1. The number of carbonyl (C=O) groups is 3. The first kappa shape index (κ1) is 18.0. The van der Waals surface area contributed by atoms with E-state index < -0.39 is 17.8 Å². The monoisotopic (exact) mass is 323 g/mol. The number of carbonyl (C=O) groups excluding carboxylic acids is 1. The van der Waals surface area contributed by atoms with Crippen molar-refractivity contribution in [2.45, 2.75) is 25.7 Å². The molecule has 0 aliphatic heterocycles. The number of rotatable bonds is 8. The Kier molecular flexibility index (Phi) is 6.53. The molecule has 0 aliphatic carbocycles. The molecule has 6 N–H and O–H groups in total. The van der Waals surface area contributed by atoms with E-state index in [1.54, 1.807) is 0 Å². The fraction of sp³-hybridized carbons (Fsp3) is 0.286. The number of nitrogens with two attached hydrogens (primary N) is 1. The Morgan fingerprint density at radius 1 is 1.04 bits per heavy atom. The van der Waals surface area contributed by atoms with Gasteiger partial charge in [-0.2, -0.15) is 5.10 Å². The summed E-state index contributed by atoms with van der Waals surface area (Å²) < 4.78 is 0. The number of amides is 1. The van der Waals surface area contributed by atoms with E-state index in [1.807, 2.05) is 0 Å². The van der Waals surface area contributed by atoms with Gasteiger partial charge in [0.15, 0.2) is 0 Å². The van der Waals surface area contributed by atoms with Gasteiger partial charge < -0.3 is 21.1 Å². The highest BCUT2D eigenvalue weighted by Crippen LogP contribution is 2.19. The molecule has 0 saturated heterocycles. The zero-order chi connectivity index (χ0) is 17.4. The van der Waals surface area contributed by atoms with Gasteiger partial charge >= 0.3 is 11.9 Å². The molecule has 0 aromatic heterocycles. The van der Waals surface area contributed by atoms with E-state index in [-0.39, 0.29) is 48.4 Å². The molecule has 23 heavy (non-hydrogen) atoms. The number of carboxylic acids is 2. The largest absolute Gasteiger partial charge is 0.507 e. The third kappa shape index (κ3) is 6.46. The lowest BCUT2D eigenvalue weighted by atomic mass is 10.1. The molecule has 0 aliphatic rings. The number of anilines is 1.